The lowest BCUT2D eigenvalue weighted by Gasteiger charge is -2.27. The summed E-state index contributed by atoms with van der Waals surface area (Å²) in [5, 5.41) is 52.2. The molecule has 404 valence electrons. The van der Waals surface area contributed by atoms with Crippen LogP contribution in [0.3, 0.4) is 0 Å². The van der Waals surface area contributed by atoms with Crippen LogP contribution in [0.4, 0.5) is 20.4 Å². The Bertz CT molecular complexity index is 2830. The molecule has 1 amide bonds. The molecule has 0 spiro atoms. The third-order valence-corrected chi connectivity index (χ3v) is 14.1. The first-order chi connectivity index (χ1) is 34.7. The van der Waals surface area contributed by atoms with Crippen LogP contribution in [0.5, 0.6) is 11.5 Å². The van der Waals surface area contributed by atoms with Crippen molar-refractivity contribution in [2.24, 2.45) is 11.8 Å². The van der Waals surface area contributed by atoms with Gasteiger partial charge >= 0.3 is 33.7 Å². The number of alkyl halides is 2. The number of nitrogens with two attached hydrogens (primary N) is 1. The SMILES string of the molecule is Cc1ncc(CO)c(CN[P+](=O)OC[C@H]2O[C@@H](n3ccc(N)nc3=O)C(F)(P)C2O)c1O.Cc1ncc(CO)c(CN[P+](=O)OC[C@H]2O[C@@H](n3ccc(NC(=O)C(C)C)nc3=O)C(F)(P)C2OC(=O)C(C)C)c1O. The number of pyridine rings is 2. The van der Waals surface area contributed by atoms with Crippen molar-refractivity contribution in [3.05, 3.63) is 91.5 Å². The minimum absolute atomic E-state index is 0.0355. The summed E-state index contributed by atoms with van der Waals surface area (Å²) in [7, 11) is -1.43. The van der Waals surface area contributed by atoms with Gasteiger partial charge in [0.2, 0.25) is 11.3 Å². The van der Waals surface area contributed by atoms with Gasteiger partial charge in [-0.3, -0.25) is 28.7 Å². The highest BCUT2D eigenvalue weighted by atomic mass is 31.1. The van der Waals surface area contributed by atoms with Gasteiger partial charge in [-0.2, -0.15) is 9.97 Å². The van der Waals surface area contributed by atoms with Crippen molar-refractivity contribution in [2.45, 2.75) is 116 Å². The highest BCUT2D eigenvalue weighted by Crippen LogP contribution is 2.49. The fraction of sp³-hybridized carbons (Fsp3) is 0.524. The van der Waals surface area contributed by atoms with Crippen LogP contribution >= 0.6 is 34.8 Å². The molecule has 4 aromatic rings. The fourth-order valence-corrected chi connectivity index (χ4v) is 9.31. The number of anilines is 2. The zero-order chi connectivity index (χ0) is 55.0. The molecule has 10 N–H and O–H groups in total. The Morgan fingerprint density at radius 2 is 1.28 bits per heavy atom. The van der Waals surface area contributed by atoms with Gasteiger partial charge < -0.3 is 50.8 Å². The number of amides is 1. The molecule has 2 fully saturated rings. The Kier molecular flexibility index (Phi) is 20.8. The predicted octanol–water partition coefficient (Wildman–Crippen LogP) is 2.20. The molecule has 6 rings (SSSR count). The third kappa shape index (κ3) is 14.3. The Morgan fingerprint density at radius 1 is 0.811 bits per heavy atom. The molecule has 2 aliphatic rings. The molecule has 12 atom stereocenters. The number of nitrogen functional groups attached to an aromatic ring is 1. The second-order valence-corrected chi connectivity index (χ2v) is 21.3. The first-order valence-corrected chi connectivity index (χ1v) is 25.9. The smallest absolute Gasteiger partial charge is 0.506 e. The summed E-state index contributed by atoms with van der Waals surface area (Å²) in [4.78, 5) is 64.4. The van der Waals surface area contributed by atoms with Crippen LogP contribution in [0.25, 0.3) is 0 Å². The van der Waals surface area contributed by atoms with E-state index in [4.69, 9.17) is 29.0 Å². The maximum Gasteiger partial charge on any atom is 0.613 e. The fourth-order valence-electron chi connectivity index (χ4n) is 7.02. The van der Waals surface area contributed by atoms with Crippen molar-refractivity contribution in [1.29, 1.82) is 0 Å². The van der Waals surface area contributed by atoms with Crippen molar-refractivity contribution in [1.82, 2.24) is 39.2 Å². The van der Waals surface area contributed by atoms with Crippen LogP contribution in [0.1, 0.15) is 73.8 Å². The predicted molar refractivity (Wildman–Crippen MR) is 264 cm³/mol. The standard InChI is InChI=1S/C25H34FN5O9P2.C17H22FN5O7P2/c1-12(2)21(34)29-18-6-7-31(24(36)30-18)23-25(26,41)20(40-22(35)13(3)4)17(39-23)11-38-42(37)28-9-16-15(10-32)8-27-14(5)19(16)33;1-8-13(25)10(9(6-24)4-20-8)5-21-32(28)29-7-11-14(26)17(18,31)15(30-11)23-3-2-12(19)22-16(23)27/h6-8,12-13,17,20,23,32H,9-11,41H2,1-5H3,(H2-,28,29,30,33,34,36,37);2-4,11,14-15,24,26H,5-7,31H2,1H3,(H3-,19,21,22,25,27,28)/p+2/t17-,20?,23-,25?;11-,14?,15-,17?/m11/s1. The van der Waals surface area contributed by atoms with Crippen molar-refractivity contribution in [2.75, 3.05) is 24.3 Å². The monoisotopic (exact) mass is 1120 g/mol. The lowest BCUT2D eigenvalue weighted by molar-refractivity contribution is -0.159. The topological polar surface area (TPSA) is 373 Å². The van der Waals surface area contributed by atoms with Gasteiger partial charge in [-0.25, -0.2) is 18.4 Å². The average molecular weight is 1120 g/mol. The van der Waals surface area contributed by atoms with Gasteiger partial charge in [-0.1, -0.05) is 56.3 Å². The number of aliphatic hydroxyl groups is 3. The van der Waals surface area contributed by atoms with E-state index in [1.165, 1.54) is 36.9 Å². The van der Waals surface area contributed by atoms with E-state index in [0.717, 1.165) is 9.13 Å². The molecule has 2 aliphatic heterocycles. The van der Waals surface area contributed by atoms with Gasteiger partial charge in [-0.05, 0) is 35.1 Å². The van der Waals surface area contributed by atoms with Gasteiger partial charge in [0.05, 0.1) is 43.6 Å². The van der Waals surface area contributed by atoms with E-state index < -0.39 is 107 Å². The molecule has 0 aromatic carbocycles. The first kappa shape index (κ1) is 59.8. The highest BCUT2D eigenvalue weighted by molar-refractivity contribution is 7.36. The number of aliphatic hydroxyl groups excluding tert-OH is 3. The van der Waals surface area contributed by atoms with E-state index in [9.17, 15) is 53.8 Å². The molecular weight excluding hydrogens is 1060 g/mol. The summed E-state index contributed by atoms with van der Waals surface area (Å²) in [5.41, 5.74) is 5.48. The molecule has 2 saturated heterocycles. The van der Waals surface area contributed by atoms with E-state index in [0.29, 0.717) is 28.1 Å². The van der Waals surface area contributed by atoms with Crippen LogP contribution < -0.4 is 32.6 Å². The van der Waals surface area contributed by atoms with E-state index in [1.54, 1.807) is 41.5 Å². The number of halogens is 2. The van der Waals surface area contributed by atoms with Crippen LogP contribution in [-0.2, 0) is 68.3 Å². The second kappa shape index (κ2) is 25.7. The second-order valence-electron chi connectivity index (χ2n) is 17.3. The molecule has 32 heteroatoms. The number of nitrogens with zero attached hydrogens (tertiary/aromatic N) is 6. The summed E-state index contributed by atoms with van der Waals surface area (Å²) in [6, 6.07) is 2.57. The van der Waals surface area contributed by atoms with Crippen molar-refractivity contribution in [3.63, 3.8) is 0 Å². The number of aryl methyl sites for hydroxylation is 2. The number of esters is 1. The van der Waals surface area contributed by atoms with Gasteiger partial charge in [-0.15, -0.1) is 9.05 Å². The maximum absolute atomic E-state index is 16.3. The minimum atomic E-state index is -2.62. The number of hydrogen-bond donors (Lipinski definition) is 9. The molecule has 74 heavy (non-hydrogen) atoms. The zero-order valence-electron chi connectivity index (χ0n) is 40.6. The number of carbonyl (C=O) groups excluding carboxylic acids is 2. The highest BCUT2D eigenvalue weighted by Gasteiger charge is 2.59. The summed E-state index contributed by atoms with van der Waals surface area (Å²) in [6.07, 6.45) is -3.93. The molecule has 4 aromatic heterocycles. The van der Waals surface area contributed by atoms with Gasteiger partial charge in [0.25, 0.3) is 0 Å². The third-order valence-electron chi connectivity index (χ3n) is 11.3. The van der Waals surface area contributed by atoms with E-state index in [2.05, 4.69) is 35.4 Å². The number of ether oxygens (including phenoxy) is 3. The zero-order valence-corrected chi connectivity index (χ0v) is 44.7. The van der Waals surface area contributed by atoms with Crippen LogP contribution in [0.2, 0.25) is 0 Å². The molecule has 6 heterocycles. The first-order valence-electron chi connectivity index (χ1n) is 22.3. The minimum Gasteiger partial charge on any atom is -0.506 e. The quantitative estimate of drug-likeness (QED) is 0.0452. The molecular formula is C42H58F2N10O16P4+2. The van der Waals surface area contributed by atoms with Crippen LogP contribution in [0, 0.1) is 25.7 Å². The average Bonchev–Trinajstić information content (AvgIpc) is 3.72. The van der Waals surface area contributed by atoms with Gasteiger partial charge in [0.15, 0.2) is 24.0 Å². The number of hydrogen-bond acceptors (Lipinski definition) is 21. The molecule has 0 saturated carbocycles. The lowest BCUT2D eigenvalue weighted by atomic mass is 10.1. The van der Waals surface area contributed by atoms with Crippen LogP contribution in [0.15, 0.2) is 46.5 Å². The summed E-state index contributed by atoms with van der Waals surface area (Å²) >= 11 is 0. The number of rotatable bonds is 20. The van der Waals surface area contributed by atoms with Crippen molar-refractivity contribution >= 4 is 58.3 Å². The summed E-state index contributed by atoms with van der Waals surface area (Å²) in [5.74, 6) is -2.52. The maximum atomic E-state index is 16.3. The summed E-state index contributed by atoms with van der Waals surface area (Å²) in [6.45, 7) is 7.51. The number of carbonyl (C=O) groups is 2. The Hall–Kier alpha value is -5.04. The van der Waals surface area contributed by atoms with Gasteiger partial charge in [0, 0.05) is 53.0 Å². The molecule has 8 unspecified atom stereocenters. The number of nitrogens with one attached hydrogen (secondary N) is 3. The largest absolute Gasteiger partial charge is 0.613 e. The Labute approximate surface area is 427 Å². The normalized spacial score (nSPS) is 23.9. The Balaban J connectivity index is 0.000000284. The van der Waals surface area contributed by atoms with Crippen molar-refractivity contribution in [3.8, 4) is 11.5 Å². The number of aromatic nitrogens is 6. The van der Waals surface area contributed by atoms with Crippen LogP contribution in [-0.4, -0.2) is 115 Å². The van der Waals surface area contributed by atoms with Crippen molar-refractivity contribution < 1.29 is 76.3 Å². The number of aromatic hydroxyl groups is 2. The summed E-state index contributed by atoms with van der Waals surface area (Å²) < 4.78 is 85.0. The molecule has 0 radical (unpaired) electrons. The lowest BCUT2D eigenvalue weighted by Crippen LogP contribution is -2.44. The Morgan fingerprint density at radius 3 is 1.76 bits per heavy atom. The van der Waals surface area contributed by atoms with E-state index >= 15 is 8.78 Å². The molecule has 0 bridgehead atoms. The van der Waals surface area contributed by atoms with E-state index in [1.807, 2.05) is 18.5 Å². The van der Waals surface area contributed by atoms with Gasteiger partial charge in [0.1, 0.15) is 54.7 Å². The molecule has 26 nitrogen and oxygen atoms in total. The molecule has 0 aliphatic carbocycles. The van der Waals surface area contributed by atoms with E-state index in [-0.39, 0.29) is 60.2 Å².